The molecule has 1 aromatic carbocycles. The van der Waals surface area contributed by atoms with Crippen LogP contribution in [0.3, 0.4) is 0 Å². The molecule has 1 amide bonds. The second-order valence-corrected chi connectivity index (χ2v) is 8.81. The summed E-state index contributed by atoms with van der Waals surface area (Å²) in [4.78, 5) is 48.8. The third-order valence-corrected chi connectivity index (χ3v) is 6.31. The van der Waals surface area contributed by atoms with E-state index in [9.17, 15) is 18.8 Å². The minimum atomic E-state index is -0.732. The van der Waals surface area contributed by atoms with Crippen LogP contribution in [-0.2, 0) is 16.0 Å². The number of ether oxygens (including phenoxy) is 2. The standard InChI is InChI=1S/C27H25FN4O5/c1-3-36-27(35)21-14-20-23(29-22-16(2)6-4-12-31(22)26(20)34)32(15-19-7-5-13-37-19)24(21)30-25(33)17-8-10-18(28)11-9-17/h4,6,8-12,14,19H,3,5,7,13,15H2,1-2H3/t19-/m1/s1. The molecule has 190 valence electrons. The van der Waals surface area contributed by atoms with Crippen molar-refractivity contribution in [1.82, 2.24) is 14.0 Å². The van der Waals surface area contributed by atoms with Crippen LogP contribution in [0.5, 0.6) is 0 Å². The van der Waals surface area contributed by atoms with Crippen molar-refractivity contribution in [1.29, 1.82) is 0 Å². The number of amides is 1. The predicted molar refractivity (Wildman–Crippen MR) is 133 cm³/mol. The Kier molecular flexibility index (Phi) is 6.66. The smallest absolute Gasteiger partial charge is 0.341 e. The highest BCUT2D eigenvalue weighted by Gasteiger charge is 2.24. The van der Waals surface area contributed by atoms with Crippen molar-refractivity contribution in [2.24, 2.45) is 4.99 Å². The lowest BCUT2D eigenvalue weighted by molar-refractivity contribution is 0.0521. The first-order chi connectivity index (χ1) is 17.9. The quantitative estimate of drug-likeness (QED) is 0.305. The minimum absolute atomic E-state index is 0.000564. The number of pyridine rings is 2. The van der Waals surface area contributed by atoms with Gasteiger partial charge in [-0.05, 0) is 68.7 Å². The number of rotatable bonds is 5. The van der Waals surface area contributed by atoms with Gasteiger partial charge in [-0.2, -0.15) is 4.99 Å². The predicted octanol–water partition coefficient (Wildman–Crippen LogP) is 3.19. The maximum absolute atomic E-state index is 13.5. The van der Waals surface area contributed by atoms with Crippen LogP contribution in [0, 0.1) is 12.7 Å². The number of carbonyl (C=O) groups excluding carboxylic acids is 2. The number of aryl methyl sites for hydroxylation is 1. The molecule has 4 aromatic rings. The molecule has 0 radical (unpaired) electrons. The molecule has 1 saturated heterocycles. The Labute approximate surface area is 210 Å². The van der Waals surface area contributed by atoms with E-state index in [-0.39, 0.29) is 52.5 Å². The van der Waals surface area contributed by atoms with Gasteiger partial charge in [-0.1, -0.05) is 6.07 Å². The van der Waals surface area contributed by atoms with Gasteiger partial charge in [-0.25, -0.2) is 14.2 Å². The van der Waals surface area contributed by atoms with Crippen LogP contribution in [0.1, 0.15) is 46.0 Å². The first-order valence-corrected chi connectivity index (χ1v) is 12.1. The molecule has 0 N–H and O–H groups in total. The topological polar surface area (TPSA) is 104 Å². The van der Waals surface area contributed by atoms with E-state index in [1.807, 2.05) is 13.0 Å². The number of nitrogens with zero attached hydrogens (tertiary/aromatic N) is 4. The summed E-state index contributed by atoms with van der Waals surface area (Å²) in [6.07, 6.45) is 3.01. The third kappa shape index (κ3) is 4.67. The lowest BCUT2D eigenvalue weighted by Crippen LogP contribution is -2.35. The fourth-order valence-electron chi connectivity index (χ4n) is 4.48. The van der Waals surface area contributed by atoms with Crippen molar-refractivity contribution in [2.75, 3.05) is 13.2 Å². The third-order valence-electron chi connectivity index (χ3n) is 6.31. The SMILES string of the molecule is CCOC(=O)c1cc2c(=O)n3cccc(C)c3nc2n(C[C@H]2CCCO2)c1=NC(=O)c1ccc(F)cc1. The van der Waals surface area contributed by atoms with Gasteiger partial charge in [0.25, 0.3) is 11.5 Å². The van der Waals surface area contributed by atoms with Crippen molar-refractivity contribution in [3.63, 3.8) is 0 Å². The lowest BCUT2D eigenvalue weighted by Gasteiger charge is -2.18. The zero-order valence-corrected chi connectivity index (χ0v) is 20.4. The van der Waals surface area contributed by atoms with Gasteiger partial charge < -0.3 is 14.0 Å². The van der Waals surface area contributed by atoms with E-state index in [1.165, 1.54) is 22.6 Å². The number of hydrogen-bond acceptors (Lipinski definition) is 6. The van der Waals surface area contributed by atoms with Crippen molar-refractivity contribution >= 4 is 28.6 Å². The largest absolute Gasteiger partial charge is 0.462 e. The van der Waals surface area contributed by atoms with Gasteiger partial charge >= 0.3 is 5.97 Å². The van der Waals surface area contributed by atoms with Crippen LogP contribution in [0.25, 0.3) is 16.7 Å². The van der Waals surface area contributed by atoms with Crippen LogP contribution in [-0.4, -0.2) is 45.1 Å². The van der Waals surface area contributed by atoms with Crippen LogP contribution in [0.4, 0.5) is 4.39 Å². The van der Waals surface area contributed by atoms with E-state index < -0.39 is 17.7 Å². The molecule has 0 aliphatic carbocycles. The molecule has 5 rings (SSSR count). The molecular formula is C27H25FN4O5. The molecule has 0 saturated carbocycles. The highest BCUT2D eigenvalue weighted by atomic mass is 19.1. The summed E-state index contributed by atoms with van der Waals surface area (Å²) in [5, 5.41) is 0.178. The summed E-state index contributed by atoms with van der Waals surface area (Å²) >= 11 is 0. The summed E-state index contributed by atoms with van der Waals surface area (Å²) in [5.74, 6) is -1.90. The van der Waals surface area contributed by atoms with Crippen molar-refractivity contribution < 1.29 is 23.5 Å². The summed E-state index contributed by atoms with van der Waals surface area (Å²) in [6, 6.07) is 9.92. The van der Waals surface area contributed by atoms with Crippen LogP contribution in [0.2, 0.25) is 0 Å². The molecule has 0 spiro atoms. The van der Waals surface area contributed by atoms with Gasteiger partial charge in [0.2, 0.25) is 0 Å². The molecule has 1 atom stereocenters. The fraction of sp³-hybridized carbons (Fsp3) is 0.296. The molecule has 37 heavy (non-hydrogen) atoms. The molecule has 0 bridgehead atoms. The number of carbonyl (C=O) groups is 2. The number of halogens is 1. The number of hydrogen-bond donors (Lipinski definition) is 0. The van der Waals surface area contributed by atoms with Crippen molar-refractivity contribution in [3.8, 4) is 0 Å². The Morgan fingerprint density at radius 2 is 2.00 bits per heavy atom. The lowest BCUT2D eigenvalue weighted by atomic mass is 10.1. The maximum atomic E-state index is 13.5. The second-order valence-electron chi connectivity index (χ2n) is 8.81. The van der Waals surface area contributed by atoms with E-state index in [4.69, 9.17) is 14.5 Å². The van der Waals surface area contributed by atoms with Gasteiger partial charge in [0, 0.05) is 18.4 Å². The molecule has 0 unspecified atom stereocenters. The molecule has 9 nitrogen and oxygen atoms in total. The molecule has 4 heterocycles. The summed E-state index contributed by atoms with van der Waals surface area (Å²) in [7, 11) is 0. The van der Waals surface area contributed by atoms with Gasteiger partial charge in [-0.3, -0.25) is 14.0 Å². The van der Waals surface area contributed by atoms with E-state index in [0.717, 1.165) is 30.5 Å². The van der Waals surface area contributed by atoms with Gasteiger partial charge in [0.15, 0.2) is 5.49 Å². The molecule has 1 aliphatic heterocycles. The summed E-state index contributed by atoms with van der Waals surface area (Å²) in [6.45, 7) is 4.39. The van der Waals surface area contributed by atoms with E-state index in [1.54, 1.807) is 23.8 Å². The maximum Gasteiger partial charge on any atom is 0.341 e. The average Bonchev–Trinajstić information content (AvgIpc) is 3.40. The summed E-state index contributed by atoms with van der Waals surface area (Å²) in [5.41, 5.74) is 1.22. The average molecular weight is 505 g/mol. The van der Waals surface area contributed by atoms with Crippen LogP contribution < -0.4 is 11.0 Å². The number of esters is 1. The highest BCUT2D eigenvalue weighted by molar-refractivity contribution is 5.97. The number of aromatic nitrogens is 3. The molecule has 3 aromatic heterocycles. The van der Waals surface area contributed by atoms with Crippen molar-refractivity contribution in [3.05, 3.63) is 87.0 Å². The molecule has 10 heteroatoms. The van der Waals surface area contributed by atoms with Crippen LogP contribution in [0.15, 0.2) is 58.4 Å². The Bertz CT molecular complexity index is 1650. The second kappa shape index (κ2) is 10.1. The number of benzene rings is 1. The zero-order valence-electron chi connectivity index (χ0n) is 20.4. The Morgan fingerprint density at radius 1 is 1.22 bits per heavy atom. The fourth-order valence-corrected chi connectivity index (χ4v) is 4.48. The first-order valence-electron chi connectivity index (χ1n) is 12.1. The molecule has 1 fully saturated rings. The van der Waals surface area contributed by atoms with E-state index >= 15 is 0 Å². The Balaban J connectivity index is 1.87. The Morgan fingerprint density at radius 3 is 2.70 bits per heavy atom. The Hall–Kier alpha value is -4.18. The van der Waals surface area contributed by atoms with Gasteiger partial charge in [-0.15, -0.1) is 0 Å². The molecular weight excluding hydrogens is 479 g/mol. The highest BCUT2D eigenvalue weighted by Crippen LogP contribution is 2.18. The molecule has 1 aliphatic rings. The van der Waals surface area contributed by atoms with E-state index in [2.05, 4.69) is 4.99 Å². The zero-order chi connectivity index (χ0) is 26.1. The van der Waals surface area contributed by atoms with Gasteiger partial charge in [0.05, 0.1) is 24.6 Å². The summed E-state index contributed by atoms with van der Waals surface area (Å²) < 4.78 is 27.5. The number of fused-ring (bicyclic) bond motifs is 2. The van der Waals surface area contributed by atoms with Crippen LogP contribution >= 0.6 is 0 Å². The monoisotopic (exact) mass is 504 g/mol. The normalized spacial score (nSPS) is 16.0. The first kappa shape index (κ1) is 24.5. The van der Waals surface area contributed by atoms with E-state index in [0.29, 0.717) is 12.3 Å². The van der Waals surface area contributed by atoms with Crippen molar-refractivity contribution in [2.45, 2.75) is 39.3 Å². The van der Waals surface area contributed by atoms with Gasteiger partial charge in [0.1, 0.15) is 22.7 Å². The minimum Gasteiger partial charge on any atom is -0.462 e.